The van der Waals surface area contributed by atoms with E-state index < -0.39 is 28.0 Å². The molecular formula is C16H13FN4O4S. The first kappa shape index (κ1) is 17.5. The molecule has 1 heterocycles. The van der Waals surface area contributed by atoms with Crippen molar-refractivity contribution in [2.24, 2.45) is 0 Å². The van der Waals surface area contributed by atoms with E-state index in [1.165, 1.54) is 11.3 Å². The van der Waals surface area contributed by atoms with Gasteiger partial charge in [0, 0.05) is 0 Å². The number of anilines is 2. The van der Waals surface area contributed by atoms with Crippen LogP contribution < -0.4 is 15.8 Å². The van der Waals surface area contributed by atoms with E-state index >= 15 is 0 Å². The average molecular weight is 376 g/mol. The van der Waals surface area contributed by atoms with Crippen molar-refractivity contribution in [3.05, 3.63) is 51.8 Å². The van der Waals surface area contributed by atoms with E-state index in [0.29, 0.717) is 23.9 Å². The third kappa shape index (κ3) is 3.40. The SMILES string of the molecule is CCOc1ccc2nc(NC(=O)c3cc(F)cc([N+](=O)[O-])c3N)sc2c1. The number of halogens is 1. The molecule has 1 aromatic heterocycles. The van der Waals surface area contributed by atoms with Gasteiger partial charge in [-0.2, -0.15) is 0 Å². The van der Waals surface area contributed by atoms with Gasteiger partial charge in [0.2, 0.25) is 0 Å². The summed E-state index contributed by atoms with van der Waals surface area (Å²) in [5.74, 6) is -1.04. The molecular weight excluding hydrogens is 363 g/mol. The van der Waals surface area contributed by atoms with Crippen LogP contribution in [-0.4, -0.2) is 22.4 Å². The third-order valence-electron chi connectivity index (χ3n) is 3.46. The number of nitro groups is 1. The Kier molecular flexibility index (Phi) is 4.67. The zero-order chi connectivity index (χ0) is 18.8. The normalized spacial score (nSPS) is 10.7. The molecule has 8 nitrogen and oxygen atoms in total. The lowest BCUT2D eigenvalue weighted by Gasteiger charge is -2.06. The number of nitrogens with one attached hydrogen (secondary N) is 1. The van der Waals surface area contributed by atoms with E-state index in [-0.39, 0.29) is 10.7 Å². The van der Waals surface area contributed by atoms with Gasteiger partial charge in [0.25, 0.3) is 11.6 Å². The minimum atomic E-state index is -0.929. The van der Waals surface area contributed by atoms with E-state index in [0.717, 1.165) is 10.8 Å². The topological polar surface area (TPSA) is 120 Å². The van der Waals surface area contributed by atoms with E-state index in [2.05, 4.69) is 10.3 Å². The maximum atomic E-state index is 13.6. The molecule has 0 spiro atoms. The summed E-state index contributed by atoms with van der Waals surface area (Å²) < 4.78 is 19.8. The van der Waals surface area contributed by atoms with Crippen molar-refractivity contribution in [1.29, 1.82) is 0 Å². The molecule has 1 amide bonds. The maximum absolute atomic E-state index is 13.6. The second-order valence-electron chi connectivity index (χ2n) is 5.18. The Balaban J connectivity index is 1.90. The second-order valence-corrected chi connectivity index (χ2v) is 6.21. The zero-order valence-corrected chi connectivity index (χ0v) is 14.3. The average Bonchev–Trinajstić information content (AvgIpc) is 2.98. The van der Waals surface area contributed by atoms with Crippen molar-refractivity contribution in [1.82, 2.24) is 4.98 Å². The zero-order valence-electron chi connectivity index (χ0n) is 13.5. The van der Waals surface area contributed by atoms with Crippen LogP contribution in [0.2, 0.25) is 0 Å². The molecule has 0 atom stereocenters. The minimum Gasteiger partial charge on any atom is -0.494 e. The minimum absolute atomic E-state index is 0.255. The van der Waals surface area contributed by atoms with Crippen LogP contribution in [-0.2, 0) is 0 Å². The van der Waals surface area contributed by atoms with Crippen LogP contribution in [0.1, 0.15) is 17.3 Å². The van der Waals surface area contributed by atoms with Crippen molar-refractivity contribution >= 4 is 44.0 Å². The number of ether oxygens (including phenoxy) is 1. The van der Waals surface area contributed by atoms with Crippen LogP contribution in [0.3, 0.4) is 0 Å². The van der Waals surface area contributed by atoms with Crippen molar-refractivity contribution in [3.8, 4) is 5.75 Å². The number of hydrogen-bond donors (Lipinski definition) is 2. The van der Waals surface area contributed by atoms with E-state index in [1.54, 1.807) is 18.2 Å². The lowest BCUT2D eigenvalue weighted by Crippen LogP contribution is -2.15. The van der Waals surface area contributed by atoms with Crippen LogP contribution in [0.25, 0.3) is 10.2 Å². The highest BCUT2D eigenvalue weighted by atomic mass is 32.1. The highest BCUT2D eigenvalue weighted by molar-refractivity contribution is 7.22. The predicted octanol–water partition coefficient (Wildman–Crippen LogP) is 3.58. The molecule has 26 heavy (non-hydrogen) atoms. The molecule has 0 saturated heterocycles. The number of thiazole rings is 1. The molecule has 2 aromatic carbocycles. The summed E-state index contributed by atoms with van der Waals surface area (Å²) in [7, 11) is 0. The number of nitrogens with zero attached hydrogens (tertiary/aromatic N) is 2. The molecule has 3 N–H and O–H groups in total. The van der Waals surface area contributed by atoms with E-state index in [9.17, 15) is 19.3 Å². The smallest absolute Gasteiger partial charge is 0.295 e. The van der Waals surface area contributed by atoms with Gasteiger partial charge in [-0.05, 0) is 31.2 Å². The van der Waals surface area contributed by atoms with Crippen molar-refractivity contribution in [2.75, 3.05) is 17.7 Å². The van der Waals surface area contributed by atoms with Gasteiger partial charge >= 0.3 is 0 Å². The first-order valence-electron chi connectivity index (χ1n) is 7.47. The Labute approximate surface area is 150 Å². The van der Waals surface area contributed by atoms with Crippen molar-refractivity contribution in [3.63, 3.8) is 0 Å². The van der Waals surface area contributed by atoms with E-state index in [4.69, 9.17) is 10.5 Å². The molecule has 3 rings (SSSR count). The summed E-state index contributed by atoms with van der Waals surface area (Å²) in [5, 5.41) is 13.7. The van der Waals surface area contributed by atoms with Gasteiger partial charge in [-0.15, -0.1) is 0 Å². The molecule has 0 bridgehead atoms. The molecule has 0 saturated carbocycles. The highest BCUT2D eigenvalue weighted by Gasteiger charge is 2.22. The fourth-order valence-electron chi connectivity index (χ4n) is 2.32. The Morgan fingerprint density at radius 2 is 2.19 bits per heavy atom. The molecule has 0 fully saturated rings. The van der Waals surface area contributed by atoms with Gasteiger partial charge in [-0.1, -0.05) is 11.3 Å². The monoisotopic (exact) mass is 376 g/mol. The van der Waals surface area contributed by atoms with Crippen LogP contribution in [0, 0.1) is 15.9 Å². The van der Waals surface area contributed by atoms with Crippen LogP contribution in [0.5, 0.6) is 5.75 Å². The molecule has 0 aliphatic carbocycles. The Hall–Kier alpha value is -3.27. The third-order valence-corrected chi connectivity index (χ3v) is 4.39. The summed E-state index contributed by atoms with van der Waals surface area (Å²) >= 11 is 1.19. The van der Waals surface area contributed by atoms with E-state index in [1.807, 2.05) is 6.92 Å². The maximum Gasteiger partial charge on any atom is 0.295 e. The first-order valence-corrected chi connectivity index (χ1v) is 8.29. The predicted molar refractivity (Wildman–Crippen MR) is 96.2 cm³/mol. The van der Waals surface area contributed by atoms with Crippen LogP contribution >= 0.6 is 11.3 Å². The summed E-state index contributed by atoms with van der Waals surface area (Å²) in [6.45, 7) is 2.39. The molecule has 10 heteroatoms. The van der Waals surface area contributed by atoms with Crippen molar-refractivity contribution < 1.29 is 18.8 Å². The first-order chi connectivity index (χ1) is 12.4. The Bertz CT molecular complexity index is 1020. The Morgan fingerprint density at radius 3 is 2.88 bits per heavy atom. The van der Waals surface area contributed by atoms with Crippen LogP contribution in [0.4, 0.5) is 20.9 Å². The van der Waals surface area contributed by atoms with Gasteiger partial charge in [0.1, 0.15) is 17.3 Å². The number of nitrogens with two attached hydrogens (primary N) is 1. The number of nitro benzene ring substituents is 1. The lowest BCUT2D eigenvalue weighted by atomic mass is 10.1. The standard InChI is InChI=1S/C16H13FN4O4S/c1-2-25-9-3-4-11-13(7-9)26-16(19-11)20-15(22)10-5-8(17)6-12(14(10)18)21(23)24/h3-7H,2,18H2,1H3,(H,19,20,22). The summed E-state index contributed by atoms with van der Waals surface area (Å²) in [6.07, 6.45) is 0. The quantitative estimate of drug-likeness (QED) is 0.399. The highest BCUT2D eigenvalue weighted by Crippen LogP contribution is 2.31. The number of benzene rings is 2. The molecule has 0 aliphatic heterocycles. The molecule has 3 aromatic rings. The Morgan fingerprint density at radius 1 is 1.42 bits per heavy atom. The molecule has 0 aliphatic rings. The number of nitrogen functional groups attached to an aromatic ring is 1. The largest absolute Gasteiger partial charge is 0.494 e. The number of carbonyl (C=O) groups excluding carboxylic acids is 1. The fourth-order valence-corrected chi connectivity index (χ4v) is 3.21. The molecule has 0 unspecified atom stereocenters. The number of hydrogen-bond acceptors (Lipinski definition) is 7. The van der Waals surface area contributed by atoms with Gasteiger partial charge in [-0.3, -0.25) is 20.2 Å². The molecule has 134 valence electrons. The summed E-state index contributed by atoms with van der Waals surface area (Å²) in [5.41, 5.74) is 4.88. The summed E-state index contributed by atoms with van der Waals surface area (Å²) in [6, 6.07) is 6.80. The number of carbonyl (C=O) groups is 1. The lowest BCUT2D eigenvalue weighted by molar-refractivity contribution is -0.384. The van der Waals surface area contributed by atoms with Gasteiger partial charge in [0.15, 0.2) is 5.13 Å². The van der Waals surface area contributed by atoms with Gasteiger partial charge < -0.3 is 10.5 Å². The number of aromatic nitrogens is 1. The summed E-state index contributed by atoms with van der Waals surface area (Å²) in [4.78, 5) is 26.7. The number of rotatable bonds is 5. The number of amides is 1. The van der Waals surface area contributed by atoms with Gasteiger partial charge in [-0.25, -0.2) is 9.37 Å². The van der Waals surface area contributed by atoms with Crippen LogP contribution in [0.15, 0.2) is 30.3 Å². The second kappa shape index (κ2) is 6.92. The number of fused-ring (bicyclic) bond motifs is 1. The van der Waals surface area contributed by atoms with Crippen molar-refractivity contribution in [2.45, 2.75) is 6.92 Å². The fraction of sp³-hybridized carbons (Fsp3) is 0.125. The molecule has 0 radical (unpaired) electrons. The van der Waals surface area contributed by atoms with Gasteiger partial charge in [0.05, 0.1) is 33.4 Å².